The number of ketones is 1. The molecule has 0 radical (unpaired) electrons. The minimum absolute atomic E-state index is 0.101. The summed E-state index contributed by atoms with van der Waals surface area (Å²) in [5.41, 5.74) is -0.487. The van der Waals surface area contributed by atoms with Gasteiger partial charge in [-0.25, -0.2) is 0 Å². The van der Waals surface area contributed by atoms with Gasteiger partial charge in [0.1, 0.15) is 5.69 Å². The molecule has 0 spiro atoms. The number of nitrogens with zero attached hydrogens (tertiary/aromatic N) is 1. The molecule has 1 atom stereocenters. The highest BCUT2D eigenvalue weighted by Crippen LogP contribution is 2.32. The van der Waals surface area contributed by atoms with E-state index in [1.165, 1.54) is 6.92 Å². The highest BCUT2D eigenvalue weighted by molar-refractivity contribution is 5.92. The number of aliphatic hydroxyl groups is 1. The van der Waals surface area contributed by atoms with Gasteiger partial charge in [0.15, 0.2) is 11.9 Å². The molecule has 1 rings (SSSR count). The zero-order chi connectivity index (χ0) is 11.6. The second-order valence-electron chi connectivity index (χ2n) is 2.97. The second-order valence-corrected chi connectivity index (χ2v) is 2.97. The van der Waals surface area contributed by atoms with Gasteiger partial charge in [0.2, 0.25) is 0 Å². The van der Waals surface area contributed by atoms with Gasteiger partial charge in [0, 0.05) is 13.1 Å². The lowest BCUT2D eigenvalue weighted by Crippen LogP contribution is -2.20. The summed E-state index contributed by atoms with van der Waals surface area (Å²) in [6, 6.07) is 1.95. The van der Waals surface area contributed by atoms with Crippen molar-refractivity contribution in [2.45, 2.75) is 19.2 Å². The fourth-order valence-electron chi connectivity index (χ4n) is 0.998. The van der Waals surface area contributed by atoms with E-state index in [0.717, 1.165) is 18.3 Å². The standard InChI is InChI=1S/C9H8F3NO2/c1-5(14)7-4-6(2-3-13-7)8(15)9(10,11)12/h2-4,8,15H,1H3. The summed E-state index contributed by atoms with van der Waals surface area (Å²) in [6.07, 6.45) is -6.27. The number of aromatic nitrogens is 1. The summed E-state index contributed by atoms with van der Waals surface area (Å²) < 4.78 is 36.3. The Morgan fingerprint density at radius 2 is 2.13 bits per heavy atom. The van der Waals surface area contributed by atoms with Crippen molar-refractivity contribution < 1.29 is 23.1 Å². The third kappa shape index (κ3) is 2.76. The van der Waals surface area contributed by atoms with Gasteiger partial charge in [-0.05, 0) is 17.7 Å². The first-order valence-electron chi connectivity index (χ1n) is 4.04. The van der Waals surface area contributed by atoms with E-state index in [4.69, 9.17) is 5.11 Å². The molecule has 6 heteroatoms. The highest BCUT2D eigenvalue weighted by Gasteiger charge is 2.39. The van der Waals surface area contributed by atoms with Gasteiger partial charge in [-0.1, -0.05) is 0 Å². The summed E-state index contributed by atoms with van der Waals surface area (Å²) in [5, 5.41) is 8.90. The van der Waals surface area contributed by atoms with Crippen LogP contribution < -0.4 is 0 Å². The average molecular weight is 219 g/mol. The van der Waals surface area contributed by atoms with Crippen molar-refractivity contribution >= 4 is 5.78 Å². The molecule has 0 saturated carbocycles. The maximum atomic E-state index is 12.1. The third-order valence-corrected chi connectivity index (χ3v) is 1.77. The molecule has 0 aromatic carbocycles. The maximum absolute atomic E-state index is 12.1. The quantitative estimate of drug-likeness (QED) is 0.772. The highest BCUT2D eigenvalue weighted by atomic mass is 19.4. The minimum atomic E-state index is -4.74. The van der Waals surface area contributed by atoms with Crippen LogP contribution in [0.5, 0.6) is 0 Å². The molecule has 82 valence electrons. The average Bonchev–Trinajstić information content (AvgIpc) is 2.15. The van der Waals surface area contributed by atoms with Crippen molar-refractivity contribution in [2.24, 2.45) is 0 Å². The molecule has 3 nitrogen and oxygen atoms in total. The van der Waals surface area contributed by atoms with Crippen LogP contribution in [0.15, 0.2) is 18.3 Å². The molecule has 0 aliphatic heterocycles. The monoisotopic (exact) mass is 219 g/mol. The smallest absolute Gasteiger partial charge is 0.379 e. The number of carbonyl (C=O) groups excluding carboxylic acids is 1. The minimum Gasteiger partial charge on any atom is -0.379 e. The zero-order valence-electron chi connectivity index (χ0n) is 7.75. The van der Waals surface area contributed by atoms with Crippen LogP contribution in [0, 0.1) is 0 Å². The van der Waals surface area contributed by atoms with Crippen LogP contribution in [0.2, 0.25) is 0 Å². The van der Waals surface area contributed by atoms with E-state index in [9.17, 15) is 18.0 Å². The van der Waals surface area contributed by atoms with E-state index in [1.807, 2.05) is 0 Å². The first kappa shape index (κ1) is 11.6. The van der Waals surface area contributed by atoms with Gasteiger partial charge < -0.3 is 5.11 Å². The Bertz CT molecular complexity index is 376. The number of Topliss-reactive ketones (excluding diaryl/α,β-unsaturated/α-hetero) is 1. The first-order valence-corrected chi connectivity index (χ1v) is 4.04. The molecule has 15 heavy (non-hydrogen) atoms. The maximum Gasteiger partial charge on any atom is 0.418 e. The van der Waals surface area contributed by atoms with Crippen LogP contribution >= 0.6 is 0 Å². The second kappa shape index (κ2) is 3.98. The number of hydrogen-bond acceptors (Lipinski definition) is 3. The molecule has 1 N–H and O–H groups in total. The largest absolute Gasteiger partial charge is 0.418 e. The Kier molecular flexibility index (Phi) is 3.09. The van der Waals surface area contributed by atoms with Gasteiger partial charge in [-0.15, -0.1) is 0 Å². The number of hydrogen-bond donors (Lipinski definition) is 1. The van der Waals surface area contributed by atoms with Crippen LogP contribution in [0.3, 0.4) is 0 Å². The van der Waals surface area contributed by atoms with Crippen LogP contribution in [-0.2, 0) is 0 Å². The lowest BCUT2D eigenvalue weighted by Gasteiger charge is -2.14. The Balaban J connectivity index is 3.06. The molecule has 1 unspecified atom stereocenters. The molecular weight excluding hydrogens is 211 g/mol. The van der Waals surface area contributed by atoms with E-state index in [-0.39, 0.29) is 11.3 Å². The van der Waals surface area contributed by atoms with Gasteiger partial charge in [0.05, 0.1) is 0 Å². The number of carbonyl (C=O) groups is 1. The molecule has 1 heterocycles. The van der Waals surface area contributed by atoms with Crippen molar-refractivity contribution in [1.82, 2.24) is 4.98 Å². The number of pyridine rings is 1. The van der Waals surface area contributed by atoms with Crippen LogP contribution in [0.25, 0.3) is 0 Å². The van der Waals surface area contributed by atoms with E-state index >= 15 is 0 Å². The van der Waals surface area contributed by atoms with E-state index < -0.39 is 18.1 Å². The number of rotatable bonds is 2. The van der Waals surface area contributed by atoms with Gasteiger partial charge >= 0.3 is 6.18 Å². The molecule has 0 aliphatic rings. The SMILES string of the molecule is CC(=O)c1cc(C(O)C(F)(F)F)ccn1. The van der Waals surface area contributed by atoms with Gasteiger partial charge in [-0.2, -0.15) is 13.2 Å². The lowest BCUT2D eigenvalue weighted by molar-refractivity contribution is -0.206. The summed E-state index contributed by atoms with van der Waals surface area (Å²) >= 11 is 0. The van der Waals surface area contributed by atoms with Crippen LogP contribution in [0.4, 0.5) is 13.2 Å². The van der Waals surface area contributed by atoms with Gasteiger partial charge in [-0.3, -0.25) is 9.78 Å². The number of halogens is 3. The van der Waals surface area contributed by atoms with E-state index in [1.54, 1.807) is 0 Å². The molecule has 0 fully saturated rings. The fourth-order valence-corrected chi connectivity index (χ4v) is 0.998. The Morgan fingerprint density at radius 1 is 1.53 bits per heavy atom. The molecule has 0 saturated heterocycles. The zero-order valence-corrected chi connectivity index (χ0v) is 7.75. The van der Waals surface area contributed by atoms with Crippen molar-refractivity contribution in [3.63, 3.8) is 0 Å². The summed E-state index contributed by atoms with van der Waals surface area (Å²) in [4.78, 5) is 14.4. The number of aliphatic hydroxyl groups excluding tert-OH is 1. The molecule has 0 bridgehead atoms. The fraction of sp³-hybridized carbons (Fsp3) is 0.333. The summed E-state index contributed by atoms with van der Waals surface area (Å²) in [7, 11) is 0. The summed E-state index contributed by atoms with van der Waals surface area (Å²) in [6.45, 7) is 1.19. The normalized spacial score (nSPS) is 13.7. The van der Waals surface area contributed by atoms with E-state index in [2.05, 4.69) is 4.98 Å². The molecule has 0 aliphatic carbocycles. The van der Waals surface area contributed by atoms with Crippen LogP contribution in [-0.4, -0.2) is 22.1 Å². The molecular formula is C9H8F3NO2. The van der Waals surface area contributed by atoms with Crippen LogP contribution in [0.1, 0.15) is 29.1 Å². The van der Waals surface area contributed by atoms with Crippen molar-refractivity contribution in [1.29, 1.82) is 0 Å². The van der Waals surface area contributed by atoms with E-state index in [0.29, 0.717) is 0 Å². The lowest BCUT2D eigenvalue weighted by atomic mass is 10.1. The predicted octanol–water partition coefficient (Wildman–Crippen LogP) is 1.88. The van der Waals surface area contributed by atoms with Gasteiger partial charge in [0.25, 0.3) is 0 Å². The van der Waals surface area contributed by atoms with Crippen molar-refractivity contribution in [3.8, 4) is 0 Å². The Morgan fingerprint density at radius 3 is 2.60 bits per heavy atom. The third-order valence-electron chi connectivity index (χ3n) is 1.77. The molecule has 0 amide bonds. The topological polar surface area (TPSA) is 50.2 Å². The Labute approximate surface area is 83.6 Å². The first-order chi connectivity index (χ1) is 6.82. The summed E-state index contributed by atoms with van der Waals surface area (Å²) in [5.74, 6) is -0.453. The molecule has 1 aromatic heterocycles. The number of alkyl halides is 3. The van der Waals surface area contributed by atoms with Crippen molar-refractivity contribution in [2.75, 3.05) is 0 Å². The Hall–Kier alpha value is -1.43. The van der Waals surface area contributed by atoms with Crippen molar-refractivity contribution in [3.05, 3.63) is 29.6 Å². The molecule has 1 aromatic rings. The predicted molar refractivity (Wildman–Crippen MR) is 45.3 cm³/mol.